The second-order valence-electron chi connectivity index (χ2n) is 6.59. The second-order valence-corrected chi connectivity index (χ2v) is 7.02. The highest BCUT2D eigenvalue weighted by molar-refractivity contribution is 6.31. The third-order valence-corrected chi connectivity index (χ3v) is 5.27. The van der Waals surface area contributed by atoms with Crippen LogP contribution in [-0.2, 0) is 4.74 Å². The molecule has 2 saturated heterocycles. The predicted molar refractivity (Wildman–Crippen MR) is 92.6 cm³/mol. The molecule has 1 aromatic carbocycles. The van der Waals surface area contributed by atoms with Crippen LogP contribution in [-0.4, -0.2) is 41.6 Å². The molecule has 0 radical (unpaired) electrons. The first kappa shape index (κ1) is 15.7. The molecule has 3 heterocycles. The summed E-state index contributed by atoms with van der Waals surface area (Å²) in [4.78, 5) is 29.6. The summed E-state index contributed by atoms with van der Waals surface area (Å²) in [6.45, 7) is 2.18. The number of likely N-dealkylation sites (tertiary alicyclic amines) is 1. The van der Waals surface area contributed by atoms with Gasteiger partial charge in [0.05, 0.1) is 11.7 Å². The Bertz CT molecular complexity index is 848. The number of aromatic nitrogens is 1. The fraction of sp³-hybridized carbons (Fsp3) is 0.444. The van der Waals surface area contributed by atoms with Gasteiger partial charge in [-0.15, -0.1) is 0 Å². The van der Waals surface area contributed by atoms with Gasteiger partial charge in [0.15, 0.2) is 0 Å². The molecule has 2 aliphatic rings. The molecular weight excluding hydrogens is 328 g/mol. The Hall–Kier alpha value is -1.85. The van der Waals surface area contributed by atoms with E-state index < -0.39 is 0 Å². The van der Waals surface area contributed by atoms with Crippen molar-refractivity contribution in [3.8, 4) is 0 Å². The lowest BCUT2D eigenvalue weighted by Crippen LogP contribution is -2.48. The molecule has 2 aliphatic heterocycles. The average molecular weight is 347 g/mol. The zero-order chi connectivity index (χ0) is 16.7. The lowest BCUT2D eigenvalue weighted by atomic mass is 9.88. The molecule has 4 rings (SSSR count). The van der Waals surface area contributed by atoms with Crippen LogP contribution in [0.25, 0.3) is 10.9 Å². The van der Waals surface area contributed by atoms with Crippen molar-refractivity contribution >= 4 is 28.4 Å². The number of rotatable bonds is 1. The van der Waals surface area contributed by atoms with Crippen molar-refractivity contribution in [2.45, 2.75) is 25.4 Å². The normalized spacial score (nSPS) is 24.0. The van der Waals surface area contributed by atoms with E-state index in [1.165, 1.54) is 6.07 Å². The molecular formula is C18H19ClN2O3. The summed E-state index contributed by atoms with van der Waals surface area (Å²) in [5.74, 6) is 0.297. The van der Waals surface area contributed by atoms with Gasteiger partial charge in [0.1, 0.15) is 0 Å². The Morgan fingerprint density at radius 2 is 2.17 bits per heavy atom. The summed E-state index contributed by atoms with van der Waals surface area (Å²) in [6.07, 6.45) is 3.27. The van der Waals surface area contributed by atoms with Crippen LogP contribution in [0.3, 0.4) is 0 Å². The molecule has 24 heavy (non-hydrogen) atoms. The van der Waals surface area contributed by atoms with Gasteiger partial charge < -0.3 is 14.6 Å². The first-order chi connectivity index (χ1) is 11.6. The number of pyridine rings is 1. The zero-order valence-corrected chi connectivity index (χ0v) is 14.0. The molecule has 1 aromatic heterocycles. The Balaban J connectivity index is 1.68. The van der Waals surface area contributed by atoms with Gasteiger partial charge >= 0.3 is 0 Å². The van der Waals surface area contributed by atoms with Crippen LogP contribution in [0.2, 0.25) is 5.02 Å². The number of hydrogen-bond acceptors (Lipinski definition) is 3. The maximum Gasteiger partial charge on any atom is 0.254 e. The van der Waals surface area contributed by atoms with Gasteiger partial charge in [-0.1, -0.05) is 11.6 Å². The van der Waals surface area contributed by atoms with Crippen LogP contribution >= 0.6 is 11.6 Å². The molecule has 0 spiro atoms. The monoisotopic (exact) mass is 346 g/mol. The topological polar surface area (TPSA) is 62.4 Å². The van der Waals surface area contributed by atoms with Crippen LogP contribution in [0.4, 0.5) is 0 Å². The first-order valence-corrected chi connectivity index (χ1v) is 8.73. The van der Waals surface area contributed by atoms with Crippen molar-refractivity contribution in [1.29, 1.82) is 0 Å². The minimum absolute atomic E-state index is 0.0996. The van der Waals surface area contributed by atoms with E-state index in [1.807, 2.05) is 4.90 Å². The van der Waals surface area contributed by atoms with E-state index in [2.05, 4.69) is 4.98 Å². The summed E-state index contributed by atoms with van der Waals surface area (Å²) in [5, 5.41) is 1.23. The standard InChI is InChI=1S/C18H19ClN2O3/c19-12-3-4-15-13(8-12)14(9-17(22)20-15)18(23)21-6-5-16-11(10-21)2-1-7-24-16/h3-4,8-9,11,16H,1-2,5-7,10H2,(H,20,22)/t11-,16-/m1/s1. The molecule has 1 amide bonds. The molecule has 2 aromatic rings. The number of fused-ring (bicyclic) bond motifs is 2. The van der Waals surface area contributed by atoms with Crippen molar-refractivity contribution in [3.05, 3.63) is 45.2 Å². The quantitative estimate of drug-likeness (QED) is 0.863. The lowest BCUT2D eigenvalue weighted by Gasteiger charge is -2.41. The first-order valence-electron chi connectivity index (χ1n) is 8.35. The maximum absolute atomic E-state index is 13.0. The van der Waals surface area contributed by atoms with Gasteiger partial charge in [-0.2, -0.15) is 0 Å². The number of nitrogens with zero attached hydrogens (tertiary/aromatic N) is 1. The number of hydrogen-bond donors (Lipinski definition) is 1. The molecule has 126 valence electrons. The van der Waals surface area contributed by atoms with E-state index in [0.717, 1.165) is 25.9 Å². The SMILES string of the molecule is O=C(c1cc(=O)[nH]c2ccc(Cl)cc12)N1CC[C@H]2OCCC[C@@H]2C1. The zero-order valence-electron chi connectivity index (χ0n) is 13.3. The minimum Gasteiger partial charge on any atom is -0.378 e. The molecule has 6 heteroatoms. The van der Waals surface area contributed by atoms with Crippen LogP contribution in [0.5, 0.6) is 0 Å². The number of nitrogens with one attached hydrogen (secondary N) is 1. The average Bonchev–Trinajstić information content (AvgIpc) is 2.60. The molecule has 1 N–H and O–H groups in total. The molecule has 0 unspecified atom stereocenters. The Kier molecular flexibility index (Phi) is 4.06. The third kappa shape index (κ3) is 2.82. The number of carbonyl (C=O) groups is 1. The fourth-order valence-corrected chi connectivity index (χ4v) is 4.02. The van der Waals surface area contributed by atoms with E-state index in [4.69, 9.17) is 16.3 Å². The number of piperidine rings is 1. The van der Waals surface area contributed by atoms with Crippen molar-refractivity contribution in [2.75, 3.05) is 19.7 Å². The van der Waals surface area contributed by atoms with Crippen molar-refractivity contribution in [2.24, 2.45) is 5.92 Å². The highest BCUT2D eigenvalue weighted by atomic mass is 35.5. The van der Waals surface area contributed by atoms with Gasteiger partial charge in [0.2, 0.25) is 5.56 Å². The van der Waals surface area contributed by atoms with Crippen LogP contribution in [0.15, 0.2) is 29.1 Å². The number of H-pyrrole nitrogens is 1. The van der Waals surface area contributed by atoms with E-state index in [1.54, 1.807) is 18.2 Å². The van der Waals surface area contributed by atoms with Gasteiger partial charge in [-0.05, 0) is 37.5 Å². The number of halogens is 1. The second kappa shape index (κ2) is 6.22. The number of carbonyl (C=O) groups excluding carboxylic acids is 1. The summed E-state index contributed by atoms with van der Waals surface area (Å²) >= 11 is 6.08. The van der Waals surface area contributed by atoms with Gasteiger partial charge in [0.25, 0.3) is 5.91 Å². The Labute approximate surface area is 144 Å². The van der Waals surface area contributed by atoms with Crippen molar-refractivity contribution in [1.82, 2.24) is 9.88 Å². The smallest absolute Gasteiger partial charge is 0.254 e. The lowest BCUT2D eigenvalue weighted by molar-refractivity contribution is -0.0606. The molecule has 0 saturated carbocycles. The van der Waals surface area contributed by atoms with E-state index >= 15 is 0 Å². The minimum atomic E-state index is -0.274. The highest BCUT2D eigenvalue weighted by Crippen LogP contribution is 2.30. The Morgan fingerprint density at radius 3 is 3.04 bits per heavy atom. The van der Waals surface area contributed by atoms with Crippen molar-refractivity contribution in [3.63, 3.8) is 0 Å². The summed E-state index contributed by atoms with van der Waals surface area (Å²) < 4.78 is 5.81. The van der Waals surface area contributed by atoms with Crippen LogP contribution < -0.4 is 5.56 Å². The third-order valence-electron chi connectivity index (χ3n) is 5.04. The van der Waals surface area contributed by atoms with E-state index in [0.29, 0.717) is 40.5 Å². The van der Waals surface area contributed by atoms with Gasteiger partial charge in [-0.25, -0.2) is 0 Å². The largest absolute Gasteiger partial charge is 0.378 e. The molecule has 2 atom stereocenters. The van der Waals surface area contributed by atoms with Crippen LogP contribution in [0, 0.1) is 5.92 Å². The summed E-state index contributed by atoms with van der Waals surface area (Å²) in [6, 6.07) is 6.55. The van der Waals surface area contributed by atoms with Crippen molar-refractivity contribution < 1.29 is 9.53 Å². The fourth-order valence-electron chi connectivity index (χ4n) is 3.85. The molecule has 2 fully saturated rings. The van der Waals surface area contributed by atoms with E-state index in [-0.39, 0.29) is 17.6 Å². The summed E-state index contributed by atoms with van der Waals surface area (Å²) in [5.41, 5.74) is 0.779. The number of aromatic amines is 1. The molecule has 0 bridgehead atoms. The number of ether oxygens (including phenoxy) is 1. The van der Waals surface area contributed by atoms with Crippen LogP contribution in [0.1, 0.15) is 29.6 Å². The number of amides is 1. The van der Waals surface area contributed by atoms with Gasteiger partial charge in [-0.3, -0.25) is 9.59 Å². The molecule has 0 aliphatic carbocycles. The van der Waals surface area contributed by atoms with E-state index in [9.17, 15) is 9.59 Å². The Morgan fingerprint density at radius 1 is 1.29 bits per heavy atom. The van der Waals surface area contributed by atoms with Gasteiger partial charge in [0, 0.05) is 47.6 Å². The maximum atomic E-state index is 13.0. The number of benzene rings is 1. The summed E-state index contributed by atoms with van der Waals surface area (Å²) in [7, 11) is 0. The predicted octanol–water partition coefficient (Wildman–Crippen LogP) is 2.82. The molecule has 5 nitrogen and oxygen atoms in total. The highest BCUT2D eigenvalue weighted by Gasteiger charge is 2.34.